The molecule has 0 spiro atoms. The molecule has 0 bridgehead atoms. The summed E-state index contributed by atoms with van der Waals surface area (Å²) in [6.07, 6.45) is 6.34. The summed E-state index contributed by atoms with van der Waals surface area (Å²) in [5.74, 6) is 0.618. The molecule has 1 aliphatic rings. The molecule has 0 radical (unpaired) electrons. The minimum absolute atomic E-state index is 0.618. The monoisotopic (exact) mass is 319 g/mol. The summed E-state index contributed by atoms with van der Waals surface area (Å²) in [5, 5.41) is 3.42. The van der Waals surface area contributed by atoms with Crippen LogP contribution in [0, 0.1) is 6.92 Å². The molecule has 3 rings (SSSR count). The molecular formula is C15H18BrN3. The van der Waals surface area contributed by atoms with Gasteiger partial charge in [0.15, 0.2) is 0 Å². The third-order valence-electron chi connectivity index (χ3n) is 3.84. The first-order valence-electron chi connectivity index (χ1n) is 6.75. The van der Waals surface area contributed by atoms with E-state index in [4.69, 9.17) is 0 Å². The highest BCUT2D eigenvalue weighted by molar-refractivity contribution is 9.10. The Balaban J connectivity index is 1.96. The SMILES string of the molecule is Cc1cc(-n2cncc2C2CCNCC2)ccc1Br. The van der Waals surface area contributed by atoms with Crippen molar-refractivity contribution in [2.24, 2.45) is 0 Å². The van der Waals surface area contributed by atoms with Crippen LogP contribution in [0.5, 0.6) is 0 Å². The molecule has 19 heavy (non-hydrogen) atoms. The Morgan fingerprint density at radius 1 is 1.32 bits per heavy atom. The van der Waals surface area contributed by atoms with Crippen LogP contribution in [-0.2, 0) is 0 Å². The quantitative estimate of drug-likeness (QED) is 0.919. The topological polar surface area (TPSA) is 29.9 Å². The van der Waals surface area contributed by atoms with Gasteiger partial charge in [0.1, 0.15) is 0 Å². The molecule has 1 aromatic heterocycles. The molecule has 4 heteroatoms. The van der Waals surface area contributed by atoms with E-state index in [1.54, 1.807) is 0 Å². The minimum atomic E-state index is 0.618. The first-order valence-corrected chi connectivity index (χ1v) is 7.54. The van der Waals surface area contributed by atoms with E-state index in [1.165, 1.54) is 29.8 Å². The van der Waals surface area contributed by atoms with Gasteiger partial charge in [-0.1, -0.05) is 15.9 Å². The third kappa shape index (κ3) is 2.60. The Bertz CT molecular complexity index is 571. The van der Waals surface area contributed by atoms with Crippen LogP contribution in [0.4, 0.5) is 0 Å². The van der Waals surface area contributed by atoms with E-state index in [-0.39, 0.29) is 0 Å². The first-order chi connectivity index (χ1) is 9.25. The fraction of sp³-hybridized carbons (Fsp3) is 0.400. The summed E-state index contributed by atoms with van der Waals surface area (Å²) < 4.78 is 3.38. The van der Waals surface area contributed by atoms with Crippen LogP contribution < -0.4 is 5.32 Å². The van der Waals surface area contributed by atoms with E-state index in [0.717, 1.165) is 17.6 Å². The summed E-state index contributed by atoms with van der Waals surface area (Å²) in [4.78, 5) is 4.36. The Morgan fingerprint density at radius 2 is 2.11 bits per heavy atom. The summed E-state index contributed by atoms with van der Waals surface area (Å²) in [7, 11) is 0. The van der Waals surface area contributed by atoms with Crippen molar-refractivity contribution >= 4 is 15.9 Å². The van der Waals surface area contributed by atoms with Crippen LogP contribution in [0.2, 0.25) is 0 Å². The molecule has 3 nitrogen and oxygen atoms in total. The van der Waals surface area contributed by atoms with Crippen molar-refractivity contribution < 1.29 is 0 Å². The normalized spacial score (nSPS) is 16.7. The largest absolute Gasteiger partial charge is 0.317 e. The van der Waals surface area contributed by atoms with Gasteiger partial charge in [0.25, 0.3) is 0 Å². The highest BCUT2D eigenvalue weighted by Gasteiger charge is 2.19. The maximum absolute atomic E-state index is 4.36. The van der Waals surface area contributed by atoms with Gasteiger partial charge >= 0.3 is 0 Å². The van der Waals surface area contributed by atoms with Crippen LogP contribution in [0.15, 0.2) is 35.2 Å². The van der Waals surface area contributed by atoms with Crippen molar-refractivity contribution in [2.75, 3.05) is 13.1 Å². The Morgan fingerprint density at radius 3 is 2.84 bits per heavy atom. The maximum Gasteiger partial charge on any atom is 0.0994 e. The number of aryl methyl sites for hydroxylation is 1. The summed E-state index contributed by atoms with van der Waals surface area (Å²) in [6, 6.07) is 6.45. The lowest BCUT2D eigenvalue weighted by molar-refractivity contribution is 0.449. The Labute approximate surface area is 122 Å². The van der Waals surface area contributed by atoms with E-state index in [2.05, 4.69) is 55.9 Å². The first kappa shape index (κ1) is 12.9. The van der Waals surface area contributed by atoms with E-state index >= 15 is 0 Å². The molecule has 1 fully saturated rings. The lowest BCUT2D eigenvalue weighted by Crippen LogP contribution is -2.27. The molecular weight excluding hydrogens is 302 g/mol. The molecule has 0 aliphatic carbocycles. The standard InChI is InChI=1S/C15H18BrN3/c1-11-8-13(2-3-14(11)16)19-10-18-9-15(19)12-4-6-17-7-5-12/h2-3,8-10,12,17H,4-7H2,1H3. The fourth-order valence-corrected chi connectivity index (χ4v) is 2.97. The highest BCUT2D eigenvalue weighted by Crippen LogP contribution is 2.28. The number of benzene rings is 1. The van der Waals surface area contributed by atoms with Gasteiger partial charge in [-0.25, -0.2) is 4.98 Å². The zero-order valence-electron chi connectivity index (χ0n) is 11.1. The van der Waals surface area contributed by atoms with E-state index in [0.29, 0.717) is 5.92 Å². The van der Waals surface area contributed by atoms with Gasteiger partial charge in [-0.05, 0) is 56.6 Å². The second-order valence-electron chi connectivity index (χ2n) is 5.15. The molecule has 1 aliphatic heterocycles. The van der Waals surface area contributed by atoms with E-state index in [9.17, 15) is 0 Å². The van der Waals surface area contributed by atoms with Crippen LogP contribution in [0.25, 0.3) is 5.69 Å². The number of hydrogen-bond donors (Lipinski definition) is 1. The summed E-state index contributed by atoms with van der Waals surface area (Å²) in [5.41, 5.74) is 3.79. The predicted molar refractivity (Wildman–Crippen MR) is 80.8 cm³/mol. The van der Waals surface area contributed by atoms with Crippen LogP contribution in [0.1, 0.15) is 30.0 Å². The molecule has 1 saturated heterocycles. The van der Waals surface area contributed by atoms with Crippen molar-refractivity contribution in [3.63, 3.8) is 0 Å². The zero-order chi connectivity index (χ0) is 13.2. The van der Waals surface area contributed by atoms with Gasteiger partial charge in [-0.15, -0.1) is 0 Å². The number of piperidine rings is 1. The second-order valence-corrected chi connectivity index (χ2v) is 6.00. The maximum atomic E-state index is 4.36. The lowest BCUT2D eigenvalue weighted by Gasteiger charge is -2.23. The molecule has 0 saturated carbocycles. The fourth-order valence-electron chi connectivity index (χ4n) is 2.72. The second kappa shape index (κ2) is 5.47. The van der Waals surface area contributed by atoms with E-state index < -0.39 is 0 Å². The Hall–Kier alpha value is -1.13. The van der Waals surface area contributed by atoms with Gasteiger partial charge in [0, 0.05) is 28.0 Å². The predicted octanol–water partition coefficient (Wildman–Crippen LogP) is 3.41. The molecule has 0 unspecified atom stereocenters. The third-order valence-corrected chi connectivity index (χ3v) is 4.73. The molecule has 0 atom stereocenters. The number of imidazole rings is 1. The van der Waals surface area contributed by atoms with Crippen LogP contribution in [0.3, 0.4) is 0 Å². The number of halogens is 1. The average molecular weight is 320 g/mol. The van der Waals surface area contributed by atoms with Gasteiger partial charge in [-0.3, -0.25) is 0 Å². The van der Waals surface area contributed by atoms with Gasteiger partial charge in [0.2, 0.25) is 0 Å². The Kier molecular flexibility index (Phi) is 3.71. The molecule has 2 heterocycles. The van der Waals surface area contributed by atoms with Crippen molar-refractivity contribution in [3.05, 3.63) is 46.5 Å². The number of nitrogens with zero attached hydrogens (tertiary/aromatic N) is 2. The summed E-state index contributed by atoms with van der Waals surface area (Å²) in [6.45, 7) is 4.33. The smallest absolute Gasteiger partial charge is 0.0994 e. The van der Waals surface area contributed by atoms with Crippen molar-refractivity contribution in [1.29, 1.82) is 0 Å². The van der Waals surface area contributed by atoms with Crippen LogP contribution in [-0.4, -0.2) is 22.6 Å². The lowest BCUT2D eigenvalue weighted by atomic mass is 9.95. The van der Waals surface area contributed by atoms with Gasteiger partial charge in [0.05, 0.1) is 6.33 Å². The average Bonchev–Trinajstić information content (AvgIpc) is 2.92. The number of nitrogens with one attached hydrogen (secondary N) is 1. The number of hydrogen-bond acceptors (Lipinski definition) is 2. The minimum Gasteiger partial charge on any atom is -0.317 e. The van der Waals surface area contributed by atoms with Crippen molar-refractivity contribution in [1.82, 2.24) is 14.9 Å². The van der Waals surface area contributed by atoms with Crippen LogP contribution >= 0.6 is 15.9 Å². The zero-order valence-corrected chi connectivity index (χ0v) is 12.7. The molecule has 0 amide bonds. The molecule has 100 valence electrons. The van der Waals surface area contributed by atoms with Gasteiger partial charge in [-0.2, -0.15) is 0 Å². The summed E-state index contributed by atoms with van der Waals surface area (Å²) >= 11 is 3.55. The van der Waals surface area contributed by atoms with E-state index in [1.807, 2.05) is 12.5 Å². The van der Waals surface area contributed by atoms with Crippen molar-refractivity contribution in [3.8, 4) is 5.69 Å². The molecule has 2 aromatic rings. The number of rotatable bonds is 2. The molecule has 1 N–H and O–H groups in total. The highest BCUT2D eigenvalue weighted by atomic mass is 79.9. The molecule has 1 aromatic carbocycles. The van der Waals surface area contributed by atoms with Crippen molar-refractivity contribution in [2.45, 2.75) is 25.7 Å². The van der Waals surface area contributed by atoms with Gasteiger partial charge < -0.3 is 9.88 Å². The number of aromatic nitrogens is 2.